The van der Waals surface area contributed by atoms with Crippen LogP contribution in [0.3, 0.4) is 0 Å². The van der Waals surface area contributed by atoms with Gasteiger partial charge in [-0.05, 0) is 49.1 Å². The molecule has 0 aromatic heterocycles. The minimum atomic E-state index is -0.520. The molecule has 0 aliphatic carbocycles. The van der Waals surface area contributed by atoms with Gasteiger partial charge < -0.3 is 20.5 Å². The lowest BCUT2D eigenvalue weighted by molar-refractivity contribution is -0.139. The van der Waals surface area contributed by atoms with E-state index in [1.807, 2.05) is 24.8 Å². The molecule has 1 amide bonds. The minimum Gasteiger partial charge on any atom is -0.460 e. The molecule has 1 atom stereocenters. The average molecular weight is 434 g/mol. The lowest BCUT2D eigenvalue weighted by Crippen LogP contribution is -2.48. The van der Waals surface area contributed by atoms with Crippen molar-refractivity contribution in [1.29, 1.82) is 10.8 Å². The highest BCUT2D eigenvalue weighted by Gasteiger charge is 2.33. The van der Waals surface area contributed by atoms with E-state index in [9.17, 15) is 9.59 Å². The smallest absolute Gasteiger partial charge is 0.303 e. The van der Waals surface area contributed by atoms with Crippen molar-refractivity contribution in [3.05, 3.63) is 69.8 Å². The maximum atomic E-state index is 13.2. The van der Waals surface area contributed by atoms with Gasteiger partial charge in [0.25, 0.3) is 5.91 Å². The van der Waals surface area contributed by atoms with Crippen LogP contribution in [-0.4, -0.2) is 47.9 Å². The van der Waals surface area contributed by atoms with Crippen molar-refractivity contribution in [2.75, 3.05) is 19.7 Å². The summed E-state index contributed by atoms with van der Waals surface area (Å²) in [7, 11) is 0. The Balaban J connectivity index is 1.74. The Bertz CT molecular complexity index is 1070. The third-order valence-electron chi connectivity index (χ3n) is 6.20. The van der Waals surface area contributed by atoms with E-state index in [1.165, 1.54) is 18.1 Å². The Morgan fingerprint density at radius 1 is 1.03 bits per heavy atom. The summed E-state index contributed by atoms with van der Waals surface area (Å²) in [6.45, 7) is 10.2. The van der Waals surface area contributed by atoms with Crippen LogP contribution >= 0.6 is 0 Å². The first-order chi connectivity index (χ1) is 15.1. The number of carbonyl (C=O) groups excluding carboxylic acids is 2. The number of nitrogens with zero attached hydrogens (tertiary/aromatic N) is 1. The largest absolute Gasteiger partial charge is 0.460 e. The zero-order valence-electron chi connectivity index (χ0n) is 19.4. The molecule has 0 spiro atoms. The molecule has 1 fully saturated rings. The predicted octanol–water partition coefficient (Wildman–Crippen LogP) is 4.44. The van der Waals surface area contributed by atoms with Gasteiger partial charge in [0.1, 0.15) is 6.61 Å². The van der Waals surface area contributed by atoms with Crippen molar-refractivity contribution in [2.45, 2.75) is 40.5 Å². The number of esters is 1. The maximum absolute atomic E-state index is 13.2. The third-order valence-corrected chi connectivity index (χ3v) is 6.20. The second-order valence-corrected chi connectivity index (χ2v) is 8.74. The average Bonchev–Trinajstić information content (AvgIpc) is 2.71. The van der Waals surface area contributed by atoms with E-state index >= 15 is 0 Å². The Morgan fingerprint density at radius 2 is 1.62 bits per heavy atom. The molecule has 1 aliphatic rings. The highest BCUT2D eigenvalue weighted by molar-refractivity contribution is 6.14. The monoisotopic (exact) mass is 433 g/mol. The van der Waals surface area contributed by atoms with Crippen LogP contribution in [0.15, 0.2) is 36.4 Å². The Hall–Kier alpha value is -3.28. The van der Waals surface area contributed by atoms with Crippen LogP contribution in [-0.2, 0) is 9.53 Å². The maximum Gasteiger partial charge on any atom is 0.303 e. The van der Waals surface area contributed by atoms with Gasteiger partial charge in [-0.1, -0.05) is 42.8 Å². The van der Waals surface area contributed by atoms with Crippen molar-refractivity contribution in [3.63, 3.8) is 0 Å². The molecule has 2 N–H and O–H groups in total. The van der Waals surface area contributed by atoms with Crippen LogP contribution < -0.4 is 0 Å². The van der Waals surface area contributed by atoms with E-state index in [0.717, 1.165) is 11.1 Å². The summed E-state index contributed by atoms with van der Waals surface area (Å²) in [5, 5.41) is 16.8. The summed E-state index contributed by atoms with van der Waals surface area (Å²) in [5.41, 5.74) is 5.88. The van der Waals surface area contributed by atoms with E-state index in [-0.39, 0.29) is 23.9 Å². The van der Waals surface area contributed by atoms with Gasteiger partial charge in [0, 0.05) is 43.1 Å². The molecule has 6 heteroatoms. The van der Waals surface area contributed by atoms with E-state index < -0.39 is 11.9 Å². The molecular weight excluding hydrogens is 402 g/mol. The fourth-order valence-corrected chi connectivity index (χ4v) is 3.95. The van der Waals surface area contributed by atoms with Gasteiger partial charge in [-0.3, -0.25) is 9.59 Å². The first kappa shape index (κ1) is 23.4. The second kappa shape index (κ2) is 9.47. The molecular formula is C26H31N3O3. The van der Waals surface area contributed by atoms with Crippen molar-refractivity contribution in [2.24, 2.45) is 5.92 Å². The molecule has 1 unspecified atom stereocenters. The van der Waals surface area contributed by atoms with Crippen LogP contribution in [0.5, 0.6) is 0 Å². The summed E-state index contributed by atoms with van der Waals surface area (Å²) < 4.78 is 4.91. The Labute approximate surface area is 189 Å². The number of rotatable bonds is 7. The number of hydrogen-bond donors (Lipinski definition) is 2. The van der Waals surface area contributed by atoms with Gasteiger partial charge in [0.2, 0.25) is 0 Å². The van der Waals surface area contributed by atoms with Crippen LogP contribution in [0.2, 0.25) is 0 Å². The number of ether oxygens (including phenoxy) is 1. The first-order valence-electron chi connectivity index (χ1n) is 10.8. The van der Waals surface area contributed by atoms with E-state index in [4.69, 9.17) is 15.6 Å². The lowest BCUT2D eigenvalue weighted by Gasteiger charge is -2.40. The summed E-state index contributed by atoms with van der Waals surface area (Å²) in [6.07, 6.45) is 0. The van der Waals surface area contributed by atoms with Gasteiger partial charge in [-0.2, -0.15) is 0 Å². The highest BCUT2D eigenvalue weighted by atomic mass is 16.5. The molecule has 0 bridgehead atoms. The van der Waals surface area contributed by atoms with Crippen LogP contribution in [0.1, 0.15) is 57.9 Å². The summed E-state index contributed by atoms with van der Waals surface area (Å²) in [5.74, 6) is -0.646. The van der Waals surface area contributed by atoms with Gasteiger partial charge in [0.15, 0.2) is 0 Å². The van der Waals surface area contributed by atoms with E-state index in [2.05, 4.69) is 31.2 Å². The SMILES string of the molecule is CC(=O)OCC(=N)C(C)C(=N)c1cc(C(=O)N2CC(c3ccc(C)cc3)C2)c(C)cc1C. The topological polar surface area (TPSA) is 94.3 Å². The van der Waals surface area contributed by atoms with Gasteiger partial charge in [0.05, 0.1) is 5.71 Å². The van der Waals surface area contributed by atoms with Crippen molar-refractivity contribution >= 4 is 23.3 Å². The van der Waals surface area contributed by atoms with Crippen molar-refractivity contribution < 1.29 is 14.3 Å². The number of benzene rings is 2. The normalized spacial score (nSPS) is 14.5. The van der Waals surface area contributed by atoms with E-state index in [0.29, 0.717) is 30.1 Å². The second-order valence-electron chi connectivity index (χ2n) is 8.74. The number of hydrogen-bond acceptors (Lipinski definition) is 5. The van der Waals surface area contributed by atoms with Crippen LogP contribution in [0.25, 0.3) is 0 Å². The van der Waals surface area contributed by atoms with Crippen LogP contribution in [0, 0.1) is 37.5 Å². The predicted molar refractivity (Wildman–Crippen MR) is 126 cm³/mol. The molecule has 0 radical (unpaired) electrons. The zero-order valence-corrected chi connectivity index (χ0v) is 19.4. The molecule has 2 aromatic carbocycles. The molecule has 32 heavy (non-hydrogen) atoms. The van der Waals surface area contributed by atoms with Crippen molar-refractivity contribution in [1.82, 2.24) is 4.90 Å². The standard InChI is InChI=1S/C26H31N3O3/c1-15-6-8-20(9-7-15)21-12-29(13-21)26(31)23-11-22(16(2)10-17(23)3)25(28)18(4)24(27)14-32-19(5)30/h6-11,18,21,27-28H,12-14H2,1-5H3. The minimum absolute atomic E-state index is 0.0254. The molecule has 1 aliphatic heterocycles. The number of carbonyl (C=O) groups is 2. The summed E-state index contributed by atoms with van der Waals surface area (Å²) in [4.78, 5) is 26.1. The number of likely N-dealkylation sites (tertiary alicyclic amines) is 1. The van der Waals surface area contributed by atoms with Gasteiger partial charge in [-0.25, -0.2) is 0 Å². The Kier molecular flexibility index (Phi) is 6.92. The van der Waals surface area contributed by atoms with Gasteiger partial charge >= 0.3 is 5.97 Å². The molecule has 1 heterocycles. The highest BCUT2D eigenvalue weighted by Crippen LogP contribution is 2.30. The number of amides is 1. The summed E-state index contributed by atoms with van der Waals surface area (Å²) in [6, 6.07) is 12.2. The van der Waals surface area contributed by atoms with E-state index in [1.54, 1.807) is 13.0 Å². The fourth-order valence-electron chi connectivity index (χ4n) is 3.95. The molecule has 168 valence electrons. The molecule has 2 aromatic rings. The molecule has 3 rings (SSSR count). The molecule has 0 saturated carbocycles. The quantitative estimate of drug-likeness (QED) is 0.499. The van der Waals surface area contributed by atoms with Crippen molar-refractivity contribution in [3.8, 4) is 0 Å². The lowest BCUT2D eigenvalue weighted by atomic mass is 9.87. The number of nitrogens with one attached hydrogen (secondary N) is 2. The van der Waals surface area contributed by atoms with Gasteiger partial charge in [-0.15, -0.1) is 0 Å². The zero-order chi connectivity index (χ0) is 23.6. The molecule has 1 saturated heterocycles. The Morgan fingerprint density at radius 3 is 2.22 bits per heavy atom. The van der Waals surface area contributed by atoms with Crippen LogP contribution in [0.4, 0.5) is 0 Å². The third kappa shape index (κ3) is 4.96. The molecule has 6 nitrogen and oxygen atoms in total. The summed E-state index contributed by atoms with van der Waals surface area (Å²) >= 11 is 0. The fraction of sp³-hybridized carbons (Fsp3) is 0.385. The first-order valence-corrected chi connectivity index (χ1v) is 10.8. The number of aryl methyl sites for hydroxylation is 3.